The van der Waals surface area contributed by atoms with E-state index in [1.54, 1.807) is 0 Å². The molecule has 0 saturated carbocycles. The second-order valence-corrected chi connectivity index (χ2v) is 8.16. The Hall–Kier alpha value is -3.17. The molecule has 2 aromatic carbocycles. The maximum absolute atomic E-state index is 13.0. The van der Waals surface area contributed by atoms with Crippen molar-refractivity contribution >= 4 is 50.6 Å². The van der Waals surface area contributed by atoms with Crippen LogP contribution in [-0.2, 0) is 4.79 Å². The van der Waals surface area contributed by atoms with Crippen LogP contribution < -0.4 is 15.5 Å². The number of carboxylic acid groups (broad SMARTS) is 1. The van der Waals surface area contributed by atoms with Crippen molar-refractivity contribution in [3.8, 4) is 0 Å². The highest BCUT2D eigenvalue weighted by atomic mass is 32.1. The fourth-order valence-electron chi connectivity index (χ4n) is 3.46. The van der Waals surface area contributed by atoms with Crippen LogP contribution in [0.25, 0.3) is 10.8 Å². The molecule has 1 atom stereocenters. The van der Waals surface area contributed by atoms with Crippen LogP contribution in [0.4, 0.5) is 16.6 Å². The highest BCUT2D eigenvalue weighted by Crippen LogP contribution is 2.32. The molecule has 1 saturated heterocycles. The number of carbonyl (C=O) groups is 2. The molecule has 4 N–H and O–H groups in total. The molecule has 0 spiro atoms. The number of aliphatic hydroxyl groups excluding tert-OH is 1. The van der Waals surface area contributed by atoms with Crippen LogP contribution in [0, 0.1) is 0 Å². The summed E-state index contributed by atoms with van der Waals surface area (Å²) in [5.74, 6) is -1.17. The number of rotatable bonds is 6. The van der Waals surface area contributed by atoms with Gasteiger partial charge in [-0.3, -0.25) is 9.59 Å². The van der Waals surface area contributed by atoms with Crippen molar-refractivity contribution in [2.45, 2.75) is 18.9 Å². The van der Waals surface area contributed by atoms with E-state index in [4.69, 9.17) is 5.11 Å². The van der Waals surface area contributed by atoms with Gasteiger partial charge in [0.15, 0.2) is 10.9 Å². The lowest BCUT2D eigenvalue weighted by molar-refractivity contribution is -0.134. The fraction of sp³-hybridized carbons (Fsp3) is 0.286. The number of carbonyl (C=O) groups excluding carboxylic acids is 1. The zero-order valence-electron chi connectivity index (χ0n) is 16.2. The number of amides is 1. The topological polar surface area (TPSA) is 115 Å². The Labute approximate surface area is 177 Å². The molecule has 1 aliphatic heterocycles. The first-order valence-electron chi connectivity index (χ1n) is 9.69. The third-order valence-electron chi connectivity index (χ3n) is 4.90. The van der Waals surface area contributed by atoms with Gasteiger partial charge < -0.3 is 25.7 Å². The van der Waals surface area contributed by atoms with Crippen molar-refractivity contribution in [1.29, 1.82) is 0 Å². The number of nitrogens with one attached hydrogen (secondary N) is 2. The minimum Gasteiger partial charge on any atom is -0.480 e. The summed E-state index contributed by atoms with van der Waals surface area (Å²) in [6, 6.07) is 13.5. The SMILES string of the molecule is O=C(O)CNc1nc(N2CCCC(O)C2)sc1C(=O)Nc1ccc2ccccc2c1. The van der Waals surface area contributed by atoms with E-state index < -0.39 is 12.1 Å². The third-order valence-corrected chi connectivity index (χ3v) is 6.02. The number of thiazole rings is 1. The predicted molar refractivity (Wildman–Crippen MR) is 118 cm³/mol. The summed E-state index contributed by atoms with van der Waals surface area (Å²) in [6.07, 6.45) is 1.13. The Morgan fingerprint density at radius 3 is 2.77 bits per heavy atom. The van der Waals surface area contributed by atoms with Crippen molar-refractivity contribution in [1.82, 2.24) is 4.98 Å². The summed E-state index contributed by atoms with van der Waals surface area (Å²) in [5, 5.41) is 27.2. The van der Waals surface area contributed by atoms with Crippen molar-refractivity contribution in [3.05, 3.63) is 47.3 Å². The van der Waals surface area contributed by atoms with Gasteiger partial charge in [-0.2, -0.15) is 0 Å². The number of hydrogen-bond acceptors (Lipinski definition) is 7. The highest BCUT2D eigenvalue weighted by molar-refractivity contribution is 7.18. The Bertz CT molecular complexity index is 1080. The van der Waals surface area contributed by atoms with Crippen LogP contribution in [0.15, 0.2) is 42.5 Å². The van der Waals surface area contributed by atoms with E-state index in [0.29, 0.717) is 22.2 Å². The number of aliphatic hydroxyl groups is 1. The summed E-state index contributed by atoms with van der Waals surface area (Å²) in [7, 11) is 0. The zero-order chi connectivity index (χ0) is 21.1. The highest BCUT2D eigenvalue weighted by Gasteiger charge is 2.25. The number of anilines is 3. The molecule has 1 aromatic heterocycles. The third kappa shape index (κ3) is 4.52. The summed E-state index contributed by atoms with van der Waals surface area (Å²) in [5.41, 5.74) is 0.645. The van der Waals surface area contributed by atoms with Gasteiger partial charge >= 0.3 is 5.97 Å². The lowest BCUT2D eigenvalue weighted by atomic mass is 10.1. The molecule has 9 heteroatoms. The fourth-order valence-corrected chi connectivity index (χ4v) is 4.43. The van der Waals surface area contributed by atoms with Gasteiger partial charge in [0, 0.05) is 18.8 Å². The number of carboxylic acids is 1. The summed E-state index contributed by atoms with van der Waals surface area (Å²) < 4.78 is 0. The molecule has 1 unspecified atom stereocenters. The molecule has 156 valence electrons. The number of benzene rings is 2. The van der Waals surface area contributed by atoms with Gasteiger partial charge in [-0.25, -0.2) is 4.98 Å². The number of β-amino-alcohol motifs (C(OH)–C–C–N with tert-alkyl or cyclic N) is 1. The standard InChI is InChI=1S/C21H22N4O4S/c26-16-6-3-9-25(12-16)21-24-19(22-11-17(27)28)18(30-21)20(29)23-15-8-7-13-4-1-2-5-14(13)10-15/h1-2,4-5,7-8,10,16,22,26H,3,6,9,11-12H2,(H,23,29)(H,27,28). The summed E-state index contributed by atoms with van der Waals surface area (Å²) in [4.78, 5) is 30.7. The smallest absolute Gasteiger partial charge is 0.322 e. The minimum atomic E-state index is -1.04. The van der Waals surface area contributed by atoms with E-state index >= 15 is 0 Å². The maximum atomic E-state index is 13.0. The van der Waals surface area contributed by atoms with Crippen LogP contribution in [0.1, 0.15) is 22.5 Å². The molecule has 1 amide bonds. The Morgan fingerprint density at radius 1 is 1.20 bits per heavy atom. The number of aliphatic carboxylic acids is 1. The lowest BCUT2D eigenvalue weighted by Gasteiger charge is -2.29. The maximum Gasteiger partial charge on any atom is 0.322 e. The number of fused-ring (bicyclic) bond motifs is 1. The van der Waals surface area contributed by atoms with E-state index in [9.17, 15) is 14.7 Å². The molecule has 4 rings (SSSR count). The minimum absolute atomic E-state index is 0.232. The molecule has 2 heterocycles. The molecule has 0 bridgehead atoms. The average molecular weight is 426 g/mol. The largest absolute Gasteiger partial charge is 0.480 e. The van der Waals surface area contributed by atoms with Gasteiger partial charge in [0.05, 0.1) is 6.10 Å². The van der Waals surface area contributed by atoms with Gasteiger partial charge in [-0.05, 0) is 35.7 Å². The van der Waals surface area contributed by atoms with Crippen LogP contribution >= 0.6 is 11.3 Å². The summed E-state index contributed by atoms with van der Waals surface area (Å²) >= 11 is 1.19. The second kappa shape index (κ2) is 8.68. The van der Waals surface area contributed by atoms with Crippen molar-refractivity contribution in [2.24, 2.45) is 0 Å². The molecule has 1 aliphatic rings. The molecule has 3 aromatic rings. The van der Waals surface area contributed by atoms with E-state index in [2.05, 4.69) is 15.6 Å². The van der Waals surface area contributed by atoms with E-state index in [0.717, 1.165) is 30.2 Å². The molecule has 0 aliphatic carbocycles. The van der Waals surface area contributed by atoms with Crippen molar-refractivity contribution in [3.63, 3.8) is 0 Å². The lowest BCUT2D eigenvalue weighted by Crippen LogP contribution is -2.38. The van der Waals surface area contributed by atoms with Gasteiger partial charge in [0.2, 0.25) is 0 Å². The Kier molecular flexibility index (Phi) is 5.82. The molecule has 8 nitrogen and oxygen atoms in total. The number of piperidine rings is 1. The predicted octanol–water partition coefficient (Wildman–Crippen LogP) is 3.01. The Balaban J connectivity index is 1.59. The van der Waals surface area contributed by atoms with E-state index in [1.165, 1.54) is 11.3 Å². The van der Waals surface area contributed by atoms with Crippen LogP contribution in [0.2, 0.25) is 0 Å². The molecule has 30 heavy (non-hydrogen) atoms. The first-order valence-corrected chi connectivity index (χ1v) is 10.5. The normalized spacial score (nSPS) is 16.4. The monoisotopic (exact) mass is 426 g/mol. The van der Waals surface area contributed by atoms with Crippen molar-refractivity contribution < 1.29 is 19.8 Å². The van der Waals surface area contributed by atoms with Crippen LogP contribution in [0.5, 0.6) is 0 Å². The molecule has 0 radical (unpaired) electrons. The van der Waals surface area contributed by atoms with Gasteiger partial charge in [0.25, 0.3) is 5.91 Å². The van der Waals surface area contributed by atoms with Gasteiger partial charge in [-0.15, -0.1) is 0 Å². The van der Waals surface area contributed by atoms with E-state index in [1.807, 2.05) is 47.4 Å². The Morgan fingerprint density at radius 2 is 2.00 bits per heavy atom. The van der Waals surface area contributed by atoms with Gasteiger partial charge in [0.1, 0.15) is 11.4 Å². The van der Waals surface area contributed by atoms with Crippen LogP contribution in [0.3, 0.4) is 0 Å². The van der Waals surface area contributed by atoms with Gasteiger partial charge in [-0.1, -0.05) is 41.7 Å². The molecular weight excluding hydrogens is 404 g/mol. The number of aromatic nitrogens is 1. The van der Waals surface area contributed by atoms with Crippen LogP contribution in [-0.4, -0.2) is 52.8 Å². The summed E-state index contributed by atoms with van der Waals surface area (Å²) in [6.45, 7) is 0.828. The van der Waals surface area contributed by atoms with Crippen molar-refractivity contribution in [2.75, 3.05) is 35.2 Å². The number of nitrogens with zero attached hydrogens (tertiary/aromatic N) is 2. The molecular formula is C21H22N4O4S. The zero-order valence-corrected chi connectivity index (χ0v) is 17.0. The first kappa shape index (κ1) is 20.1. The molecule has 1 fully saturated rings. The van der Waals surface area contributed by atoms with E-state index in [-0.39, 0.29) is 18.3 Å². The quantitative estimate of drug-likeness (QED) is 0.479. The second-order valence-electron chi connectivity index (χ2n) is 7.18. The first-order chi connectivity index (χ1) is 14.5. The average Bonchev–Trinajstić information content (AvgIpc) is 3.17. The number of hydrogen-bond donors (Lipinski definition) is 4.